The lowest BCUT2D eigenvalue weighted by atomic mass is 9.97. The quantitative estimate of drug-likeness (QED) is 0.707. The van der Waals surface area contributed by atoms with E-state index in [1.807, 2.05) is 24.3 Å². The first-order valence-electron chi connectivity index (χ1n) is 7.07. The molecule has 4 nitrogen and oxygen atoms in total. The number of hydrogen-bond donors (Lipinski definition) is 1. The lowest BCUT2D eigenvalue weighted by Crippen LogP contribution is -2.25. The van der Waals surface area contributed by atoms with Gasteiger partial charge in [-0.15, -0.1) is 0 Å². The molecule has 1 N–H and O–H groups in total. The van der Waals surface area contributed by atoms with Gasteiger partial charge in [0.1, 0.15) is 5.75 Å². The Morgan fingerprint density at radius 1 is 1.20 bits per heavy atom. The number of carbonyl (C=O) groups excluding carboxylic acids is 1. The van der Waals surface area contributed by atoms with Gasteiger partial charge in [-0.05, 0) is 36.5 Å². The molecule has 0 aromatic heterocycles. The van der Waals surface area contributed by atoms with Gasteiger partial charge in [-0.25, -0.2) is 0 Å². The molecule has 0 fully saturated rings. The van der Waals surface area contributed by atoms with Crippen LogP contribution in [0, 0.1) is 0 Å². The van der Waals surface area contributed by atoms with Crippen LogP contribution in [-0.2, 0) is 9.53 Å². The van der Waals surface area contributed by atoms with Crippen molar-refractivity contribution in [2.45, 2.75) is 32.1 Å². The van der Waals surface area contributed by atoms with Crippen LogP contribution in [0.3, 0.4) is 0 Å². The van der Waals surface area contributed by atoms with Crippen LogP contribution in [0.2, 0.25) is 0 Å². The third-order valence-corrected chi connectivity index (χ3v) is 3.27. The van der Waals surface area contributed by atoms with Gasteiger partial charge in [0.2, 0.25) is 5.91 Å². The Bertz CT molecular complexity index is 389. The third-order valence-electron chi connectivity index (χ3n) is 3.27. The van der Waals surface area contributed by atoms with E-state index in [4.69, 9.17) is 9.47 Å². The van der Waals surface area contributed by atoms with E-state index < -0.39 is 0 Å². The molecule has 1 atom stereocenters. The summed E-state index contributed by atoms with van der Waals surface area (Å²) < 4.78 is 10.1. The Kier molecular flexibility index (Phi) is 7.73. The number of amides is 1. The summed E-state index contributed by atoms with van der Waals surface area (Å²) in [5.74, 6) is 1.15. The Labute approximate surface area is 121 Å². The largest absolute Gasteiger partial charge is 0.497 e. The lowest BCUT2D eigenvalue weighted by Gasteiger charge is -2.12. The summed E-state index contributed by atoms with van der Waals surface area (Å²) in [4.78, 5) is 11.8. The molecule has 112 valence electrons. The molecule has 0 saturated carbocycles. The number of rotatable bonds is 9. The van der Waals surface area contributed by atoms with Gasteiger partial charge < -0.3 is 14.8 Å². The van der Waals surface area contributed by atoms with Crippen molar-refractivity contribution in [2.75, 3.05) is 27.4 Å². The maximum absolute atomic E-state index is 11.8. The van der Waals surface area contributed by atoms with Crippen LogP contribution in [0.1, 0.15) is 37.7 Å². The van der Waals surface area contributed by atoms with Gasteiger partial charge in [0.05, 0.1) is 7.11 Å². The van der Waals surface area contributed by atoms with Crippen molar-refractivity contribution in [2.24, 2.45) is 0 Å². The number of hydrogen-bond acceptors (Lipinski definition) is 3. The highest BCUT2D eigenvalue weighted by atomic mass is 16.5. The Hall–Kier alpha value is -1.55. The molecule has 1 unspecified atom stereocenters. The van der Waals surface area contributed by atoms with Crippen LogP contribution in [0.15, 0.2) is 24.3 Å². The van der Waals surface area contributed by atoms with E-state index in [1.54, 1.807) is 14.2 Å². The molecule has 0 radical (unpaired) electrons. The molecule has 1 aromatic carbocycles. The monoisotopic (exact) mass is 279 g/mol. The van der Waals surface area contributed by atoms with Gasteiger partial charge in [0, 0.05) is 26.7 Å². The van der Waals surface area contributed by atoms with Gasteiger partial charge in [-0.3, -0.25) is 4.79 Å². The molecule has 1 aromatic rings. The van der Waals surface area contributed by atoms with Crippen LogP contribution in [0.5, 0.6) is 5.75 Å². The molecule has 0 aliphatic heterocycles. The molecule has 1 amide bonds. The highest BCUT2D eigenvalue weighted by molar-refractivity contribution is 5.76. The molecule has 0 saturated heterocycles. The second-order valence-corrected chi connectivity index (χ2v) is 4.93. The van der Waals surface area contributed by atoms with Crippen molar-refractivity contribution < 1.29 is 14.3 Å². The van der Waals surface area contributed by atoms with Crippen LogP contribution in [0.25, 0.3) is 0 Å². The average molecular weight is 279 g/mol. The van der Waals surface area contributed by atoms with E-state index in [2.05, 4.69) is 12.2 Å². The zero-order valence-corrected chi connectivity index (χ0v) is 12.6. The van der Waals surface area contributed by atoms with E-state index in [0.717, 1.165) is 37.3 Å². The molecular formula is C16H25NO3. The van der Waals surface area contributed by atoms with Gasteiger partial charge >= 0.3 is 0 Å². The normalized spacial score (nSPS) is 11.9. The number of ether oxygens (including phenoxy) is 2. The summed E-state index contributed by atoms with van der Waals surface area (Å²) in [7, 11) is 3.34. The van der Waals surface area contributed by atoms with E-state index in [-0.39, 0.29) is 11.8 Å². The highest BCUT2D eigenvalue weighted by Gasteiger charge is 2.10. The van der Waals surface area contributed by atoms with Crippen molar-refractivity contribution in [1.29, 1.82) is 0 Å². The maximum atomic E-state index is 11.8. The predicted molar refractivity (Wildman–Crippen MR) is 80.1 cm³/mol. The van der Waals surface area contributed by atoms with Crippen LogP contribution < -0.4 is 10.1 Å². The van der Waals surface area contributed by atoms with Crippen LogP contribution in [0.4, 0.5) is 0 Å². The Balaban J connectivity index is 2.29. The SMILES string of the molecule is COCCCCNC(=O)CC(C)c1ccc(OC)cc1. The minimum Gasteiger partial charge on any atom is -0.497 e. The third kappa shape index (κ3) is 6.06. The number of benzene rings is 1. The van der Waals surface area contributed by atoms with Crippen LogP contribution >= 0.6 is 0 Å². The van der Waals surface area contributed by atoms with E-state index in [0.29, 0.717) is 6.42 Å². The van der Waals surface area contributed by atoms with Gasteiger partial charge in [0.15, 0.2) is 0 Å². The number of nitrogens with one attached hydrogen (secondary N) is 1. The van der Waals surface area contributed by atoms with Gasteiger partial charge in [-0.2, -0.15) is 0 Å². The molecule has 0 heterocycles. The molecule has 0 aliphatic carbocycles. The molecule has 1 rings (SSSR count). The number of methoxy groups -OCH3 is 2. The van der Waals surface area contributed by atoms with Crippen molar-refractivity contribution in [1.82, 2.24) is 5.32 Å². The average Bonchev–Trinajstić information content (AvgIpc) is 2.47. The lowest BCUT2D eigenvalue weighted by molar-refractivity contribution is -0.121. The van der Waals surface area contributed by atoms with E-state index in [1.165, 1.54) is 0 Å². The first kappa shape index (κ1) is 16.5. The molecular weight excluding hydrogens is 254 g/mol. The summed E-state index contributed by atoms with van der Waals surface area (Å²) in [6.07, 6.45) is 2.44. The minimum absolute atomic E-state index is 0.103. The van der Waals surface area contributed by atoms with Crippen molar-refractivity contribution in [3.8, 4) is 5.75 Å². The molecule has 4 heteroatoms. The molecule has 0 spiro atoms. The topological polar surface area (TPSA) is 47.6 Å². The van der Waals surface area contributed by atoms with Gasteiger partial charge in [-0.1, -0.05) is 19.1 Å². The maximum Gasteiger partial charge on any atom is 0.220 e. The smallest absolute Gasteiger partial charge is 0.220 e. The fraction of sp³-hybridized carbons (Fsp3) is 0.562. The van der Waals surface area contributed by atoms with E-state index in [9.17, 15) is 4.79 Å². The Morgan fingerprint density at radius 2 is 1.90 bits per heavy atom. The van der Waals surface area contributed by atoms with Crippen LogP contribution in [-0.4, -0.2) is 33.3 Å². The summed E-state index contributed by atoms with van der Waals surface area (Å²) in [6.45, 7) is 3.53. The Morgan fingerprint density at radius 3 is 2.50 bits per heavy atom. The number of unbranched alkanes of at least 4 members (excludes halogenated alkanes) is 1. The van der Waals surface area contributed by atoms with E-state index >= 15 is 0 Å². The predicted octanol–water partition coefficient (Wildman–Crippen LogP) is 2.73. The first-order chi connectivity index (χ1) is 9.67. The van der Waals surface area contributed by atoms with Crippen molar-refractivity contribution in [3.05, 3.63) is 29.8 Å². The second-order valence-electron chi connectivity index (χ2n) is 4.93. The standard InChI is InChI=1S/C16H25NO3/c1-13(14-6-8-15(20-3)9-7-14)12-16(18)17-10-4-5-11-19-2/h6-9,13H,4-5,10-12H2,1-3H3,(H,17,18). The first-order valence-corrected chi connectivity index (χ1v) is 7.07. The molecule has 0 aliphatic rings. The summed E-state index contributed by atoms with van der Waals surface area (Å²) in [5, 5.41) is 2.95. The fourth-order valence-corrected chi connectivity index (χ4v) is 2.00. The fourth-order valence-electron chi connectivity index (χ4n) is 2.00. The zero-order valence-electron chi connectivity index (χ0n) is 12.6. The second kappa shape index (κ2) is 9.37. The highest BCUT2D eigenvalue weighted by Crippen LogP contribution is 2.21. The van der Waals surface area contributed by atoms with Crippen molar-refractivity contribution in [3.63, 3.8) is 0 Å². The van der Waals surface area contributed by atoms with Crippen molar-refractivity contribution >= 4 is 5.91 Å². The molecule has 20 heavy (non-hydrogen) atoms. The minimum atomic E-state index is 0.103. The zero-order chi connectivity index (χ0) is 14.8. The summed E-state index contributed by atoms with van der Waals surface area (Å²) >= 11 is 0. The summed E-state index contributed by atoms with van der Waals surface area (Å²) in [5.41, 5.74) is 1.15. The van der Waals surface area contributed by atoms with Gasteiger partial charge in [0.25, 0.3) is 0 Å². The summed E-state index contributed by atoms with van der Waals surface area (Å²) in [6, 6.07) is 7.87. The molecule has 0 bridgehead atoms. The number of carbonyl (C=O) groups is 1.